The Balaban J connectivity index is 1.76. The fourth-order valence-electron chi connectivity index (χ4n) is 3.12. The highest BCUT2D eigenvalue weighted by Crippen LogP contribution is 2.24. The third-order valence-electron chi connectivity index (χ3n) is 4.18. The Morgan fingerprint density at radius 2 is 2.05 bits per heavy atom. The number of nitrogens with two attached hydrogens (primary N) is 2. The number of amides is 1. The van der Waals surface area contributed by atoms with Gasteiger partial charge in [-0.25, -0.2) is 0 Å². The number of piperazine rings is 1. The summed E-state index contributed by atoms with van der Waals surface area (Å²) in [7, 11) is 0. The van der Waals surface area contributed by atoms with Gasteiger partial charge in [0, 0.05) is 37.1 Å². The van der Waals surface area contributed by atoms with Gasteiger partial charge in [-0.2, -0.15) is 0 Å². The van der Waals surface area contributed by atoms with Gasteiger partial charge >= 0.3 is 0 Å². The van der Waals surface area contributed by atoms with E-state index in [4.69, 9.17) is 11.5 Å². The first-order chi connectivity index (χ1) is 9.15. The summed E-state index contributed by atoms with van der Waals surface area (Å²) in [6.45, 7) is 3.77. The fourth-order valence-corrected chi connectivity index (χ4v) is 3.12. The summed E-state index contributed by atoms with van der Waals surface area (Å²) in [5.74, 6) is 0.0315. The number of nitrogen functional groups attached to an aromatic ring is 2. The Labute approximate surface area is 113 Å². The molecule has 0 bridgehead atoms. The second kappa shape index (κ2) is 4.74. The van der Waals surface area contributed by atoms with E-state index < -0.39 is 0 Å². The van der Waals surface area contributed by atoms with E-state index in [-0.39, 0.29) is 5.91 Å². The SMILES string of the molecule is Nc1ccc(C(=O)N2CCN3CCCC3C2)c(N)c1. The molecule has 5 heteroatoms. The average Bonchev–Trinajstić information content (AvgIpc) is 2.85. The highest BCUT2D eigenvalue weighted by molar-refractivity contribution is 5.99. The van der Waals surface area contributed by atoms with Crippen molar-refractivity contribution in [1.29, 1.82) is 0 Å². The molecule has 0 saturated carbocycles. The van der Waals surface area contributed by atoms with Crippen LogP contribution in [0.25, 0.3) is 0 Å². The first kappa shape index (κ1) is 12.3. The normalized spacial score (nSPS) is 23.4. The number of benzene rings is 1. The number of carbonyl (C=O) groups is 1. The molecule has 1 atom stereocenters. The van der Waals surface area contributed by atoms with E-state index in [1.54, 1.807) is 18.2 Å². The van der Waals surface area contributed by atoms with E-state index in [1.165, 1.54) is 19.4 Å². The largest absolute Gasteiger partial charge is 0.399 e. The summed E-state index contributed by atoms with van der Waals surface area (Å²) in [5.41, 5.74) is 13.2. The van der Waals surface area contributed by atoms with Gasteiger partial charge in [-0.15, -0.1) is 0 Å². The van der Waals surface area contributed by atoms with Crippen molar-refractivity contribution in [1.82, 2.24) is 9.80 Å². The summed E-state index contributed by atoms with van der Waals surface area (Å²) >= 11 is 0. The number of hydrogen-bond donors (Lipinski definition) is 2. The summed E-state index contributed by atoms with van der Waals surface area (Å²) in [6, 6.07) is 5.65. The number of fused-ring (bicyclic) bond motifs is 1. The van der Waals surface area contributed by atoms with Crippen molar-refractivity contribution in [2.45, 2.75) is 18.9 Å². The molecule has 1 unspecified atom stereocenters. The first-order valence-corrected chi connectivity index (χ1v) is 6.83. The molecule has 0 spiro atoms. The number of nitrogens with zero attached hydrogens (tertiary/aromatic N) is 2. The molecule has 102 valence electrons. The van der Waals surface area contributed by atoms with E-state index in [0.717, 1.165) is 19.6 Å². The van der Waals surface area contributed by atoms with Crippen molar-refractivity contribution in [2.75, 3.05) is 37.6 Å². The molecule has 0 aliphatic carbocycles. The molecule has 5 nitrogen and oxygen atoms in total. The van der Waals surface area contributed by atoms with Crippen molar-refractivity contribution >= 4 is 17.3 Å². The quantitative estimate of drug-likeness (QED) is 0.731. The van der Waals surface area contributed by atoms with Gasteiger partial charge < -0.3 is 16.4 Å². The van der Waals surface area contributed by atoms with Crippen LogP contribution >= 0.6 is 0 Å². The molecule has 19 heavy (non-hydrogen) atoms. The van der Waals surface area contributed by atoms with E-state index in [9.17, 15) is 4.79 Å². The molecule has 1 amide bonds. The third-order valence-corrected chi connectivity index (χ3v) is 4.18. The molecule has 2 fully saturated rings. The lowest BCUT2D eigenvalue weighted by molar-refractivity contribution is 0.0572. The van der Waals surface area contributed by atoms with Crippen LogP contribution in [0.5, 0.6) is 0 Å². The summed E-state index contributed by atoms with van der Waals surface area (Å²) in [4.78, 5) is 16.9. The standard InChI is InChI=1S/C14H20N4O/c15-10-3-4-12(13(16)8-10)14(19)18-7-6-17-5-1-2-11(17)9-18/h3-4,8,11H,1-2,5-7,9,15-16H2. The molecular formula is C14H20N4O. The lowest BCUT2D eigenvalue weighted by atomic mass is 10.1. The molecule has 2 saturated heterocycles. The highest BCUT2D eigenvalue weighted by Gasteiger charge is 2.33. The molecule has 4 N–H and O–H groups in total. The van der Waals surface area contributed by atoms with Crippen molar-refractivity contribution in [3.63, 3.8) is 0 Å². The number of rotatable bonds is 1. The van der Waals surface area contributed by atoms with Crippen molar-refractivity contribution in [3.8, 4) is 0 Å². The maximum Gasteiger partial charge on any atom is 0.256 e. The minimum atomic E-state index is 0.0315. The maximum absolute atomic E-state index is 12.5. The average molecular weight is 260 g/mol. The topological polar surface area (TPSA) is 75.6 Å². The number of carbonyl (C=O) groups excluding carboxylic acids is 1. The zero-order chi connectivity index (χ0) is 13.4. The van der Waals surface area contributed by atoms with Crippen molar-refractivity contribution in [2.24, 2.45) is 0 Å². The van der Waals surface area contributed by atoms with Gasteiger partial charge in [0.1, 0.15) is 0 Å². The Bertz CT molecular complexity index is 502. The van der Waals surface area contributed by atoms with Crippen LogP contribution in [0.15, 0.2) is 18.2 Å². The molecule has 3 rings (SSSR count). The van der Waals surface area contributed by atoms with E-state index in [1.807, 2.05) is 4.90 Å². The molecule has 0 aromatic heterocycles. The molecule has 2 heterocycles. The lowest BCUT2D eigenvalue weighted by Crippen LogP contribution is -2.52. The molecule has 1 aromatic carbocycles. The minimum absolute atomic E-state index is 0.0315. The molecule has 2 aliphatic heterocycles. The lowest BCUT2D eigenvalue weighted by Gasteiger charge is -2.37. The number of anilines is 2. The van der Waals surface area contributed by atoms with E-state index in [0.29, 0.717) is 23.0 Å². The Morgan fingerprint density at radius 3 is 2.84 bits per heavy atom. The van der Waals surface area contributed by atoms with Crippen LogP contribution in [0.3, 0.4) is 0 Å². The second-order valence-corrected chi connectivity index (χ2v) is 5.43. The third kappa shape index (κ3) is 2.26. The second-order valence-electron chi connectivity index (χ2n) is 5.43. The van der Waals surface area contributed by atoms with Gasteiger partial charge in [0.15, 0.2) is 0 Å². The van der Waals surface area contributed by atoms with Crippen LogP contribution in [0.1, 0.15) is 23.2 Å². The van der Waals surface area contributed by atoms with Crippen LogP contribution in [-0.2, 0) is 0 Å². The van der Waals surface area contributed by atoms with Crippen LogP contribution < -0.4 is 11.5 Å². The van der Waals surface area contributed by atoms with Gasteiger partial charge in [-0.05, 0) is 37.6 Å². The summed E-state index contributed by atoms with van der Waals surface area (Å²) in [5, 5.41) is 0. The Morgan fingerprint density at radius 1 is 1.21 bits per heavy atom. The number of hydrogen-bond acceptors (Lipinski definition) is 4. The predicted octanol–water partition coefficient (Wildman–Crippen LogP) is 0.771. The summed E-state index contributed by atoms with van der Waals surface area (Å²) < 4.78 is 0. The smallest absolute Gasteiger partial charge is 0.256 e. The molecule has 0 radical (unpaired) electrons. The van der Waals surface area contributed by atoms with E-state index >= 15 is 0 Å². The Kier molecular flexibility index (Phi) is 3.06. The zero-order valence-electron chi connectivity index (χ0n) is 11.0. The van der Waals surface area contributed by atoms with Crippen LogP contribution in [0.2, 0.25) is 0 Å². The summed E-state index contributed by atoms with van der Waals surface area (Å²) in [6.07, 6.45) is 2.44. The van der Waals surface area contributed by atoms with Gasteiger partial charge in [0.25, 0.3) is 5.91 Å². The maximum atomic E-state index is 12.5. The van der Waals surface area contributed by atoms with E-state index in [2.05, 4.69) is 4.90 Å². The van der Waals surface area contributed by atoms with Gasteiger partial charge in [0.05, 0.1) is 5.56 Å². The first-order valence-electron chi connectivity index (χ1n) is 6.83. The van der Waals surface area contributed by atoms with Gasteiger partial charge in [-0.3, -0.25) is 9.69 Å². The van der Waals surface area contributed by atoms with Gasteiger partial charge in [-0.1, -0.05) is 0 Å². The predicted molar refractivity (Wildman–Crippen MR) is 75.8 cm³/mol. The van der Waals surface area contributed by atoms with Gasteiger partial charge in [0.2, 0.25) is 0 Å². The highest BCUT2D eigenvalue weighted by atomic mass is 16.2. The molecular weight excluding hydrogens is 240 g/mol. The van der Waals surface area contributed by atoms with Crippen LogP contribution in [0, 0.1) is 0 Å². The van der Waals surface area contributed by atoms with Crippen LogP contribution in [0.4, 0.5) is 11.4 Å². The van der Waals surface area contributed by atoms with Crippen molar-refractivity contribution in [3.05, 3.63) is 23.8 Å². The Hall–Kier alpha value is -1.75. The molecule has 2 aliphatic rings. The monoisotopic (exact) mass is 260 g/mol. The minimum Gasteiger partial charge on any atom is -0.399 e. The van der Waals surface area contributed by atoms with Crippen molar-refractivity contribution < 1.29 is 4.79 Å². The fraction of sp³-hybridized carbons (Fsp3) is 0.500. The van der Waals surface area contributed by atoms with Crippen LogP contribution in [-0.4, -0.2) is 47.9 Å². The zero-order valence-corrected chi connectivity index (χ0v) is 11.0. The molecule has 1 aromatic rings.